The van der Waals surface area contributed by atoms with Crippen LogP contribution in [0.5, 0.6) is 5.75 Å². The van der Waals surface area contributed by atoms with Gasteiger partial charge in [0.2, 0.25) is 5.91 Å². The summed E-state index contributed by atoms with van der Waals surface area (Å²) in [4.78, 5) is 12.0. The molecule has 1 fully saturated rings. The van der Waals surface area contributed by atoms with Crippen molar-refractivity contribution in [2.45, 2.75) is 45.3 Å². The van der Waals surface area contributed by atoms with E-state index in [1.54, 1.807) is 0 Å². The van der Waals surface area contributed by atoms with Crippen molar-refractivity contribution in [3.63, 3.8) is 0 Å². The molecule has 1 aromatic carbocycles. The third-order valence-corrected chi connectivity index (χ3v) is 3.39. The molecule has 0 spiro atoms. The van der Waals surface area contributed by atoms with E-state index in [0.717, 1.165) is 24.3 Å². The molecule has 1 heterocycles. The molecule has 0 aromatic heterocycles. The van der Waals surface area contributed by atoms with Crippen LogP contribution in [0, 0.1) is 0 Å². The quantitative estimate of drug-likeness (QED) is 0.834. The average Bonchev–Trinajstić information content (AvgIpc) is 2.91. The summed E-state index contributed by atoms with van der Waals surface area (Å²) in [7, 11) is 0. The van der Waals surface area contributed by atoms with Crippen LogP contribution < -0.4 is 15.4 Å². The Morgan fingerprint density at radius 3 is 2.95 bits per heavy atom. The number of carbonyl (C=O) groups excluding carboxylic acids is 1. The van der Waals surface area contributed by atoms with Gasteiger partial charge >= 0.3 is 0 Å². The predicted molar refractivity (Wildman–Crippen MR) is 79.9 cm³/mol. The Hall–Kier alpha value is -1.55. The first-order valence-electron chi connectivity index (χ1n) is 7.40. The summed E-state index contributed by atoms with van der Waals surface area (Å²) in [6.07, 6.45) is 2.83. The van der Waals surface area contributed by atoms with Crippen molar-refractivity contribution in [1.82, 2.24) is 10.6 Å². The fraction of sp³-hybridized carbons (Fsp3) is 0.562. The molecule has 0 saturated carbocycles. The van der Waals surface area contributed by atoms with Crippen molar-refractivity contribution in [2.24, 2.45) is 0 Å². The van der Waals surface area contributed by atoms with Gasteiger partial charge in [-0.15, -0.1) is 0 Å². The van der Waals surface area contributed by atoms with Gasteiger partial charge in [0, 0.05) is 18.2 Å². The molecule has 1 saturated heterocycles. The lowest BCUT2D eigenvalue weighted by Gasteiger charge is -2.15. The Morgan fingerprint density at radius 1 is 1.45 bits per heavy atom. The number of hydrogen-bond acceptors (Lipinski definition) is 3. The highest BCUT2D eigenvalue weighted by molar-refractivity contribution is 5.79. The van der Waals surface area contributed by atoms with Crippen molar-refractivity contribution in [3.8, 4) is 5.75 Å². The van der Waals surface area contributed by atoms with Gasteiger partial charge in [0.15, 0.2) is 0 Å². The van der Waals surface area contributed by atoms with Crippen molar-refractivity contribution in [2.75, 3.05) is 13.1 Å². The van der Waals surface area contributed by atoms with E-state index in [0.29, 0.717) is 19.0 Å². The zero-order valence-corrected chi connectivity index (χ0v) is 12.3. The third kappa shape index (κ3) is 4.53. The van der Waals surface area contributed by atoms with E-state index in [9.17, 15) is 4.79 Å². The smallest absolute Gasteiger partial charge is 0.224 e. The fourth-order valence-corrected chi connectivity index (χ4v) is 2.42. The number of nitrogens with one attached hydrogen (secondary N) is 2. The van der Waals surface area contributed by atoms with Crippen molar-refractivity contribution < 1.29 is 9.53 Å². The van der Waals surface area contributed by atoms with Gasteiger partial charge < -0.3 is 15.4 Å². The van der Waals surface area contributed by atoms with Gasteiger partial charge in [0.1, 0.15) is 5.75 Å². The number of carbonyl (C=O) groups is 1. The van der Waals surface area contributed by atoms with E-state index in [-0.39, 0.29) is 12.0 Å². The van der Waals surface area contributed by atoms with Gasteiger partial charge in [-0.1, -0.05) is 18.2 Å². The molecule has 1 aliphatic heterocycles. The third-order valence-electron chi connectivity index (χ3n) is 3.39. The highest BCUT2D eigenvalue weighted by atomic mass is 16.5. The van der Waals surface area contributed by atoms with Crippen LogP contribution in [0.15, 0.2) is 24.3 Å². The van der Waals surface area contributed by atoms with E-state index in [2.05, 4.69) is 10.6 Å². The van der Waals surface area contributed by atoms with E-state index >= 15 is 0 Å². The van der Waals surface area contributed by atoms with Crippen LogP contribution in [0.4, 0.5) is 0 Å². The van der Waals surface area contributed by atoms with Gasteiger partial charge in [-0.25, -0.2) is 0 Å². The number of ether oxygens (including phenoxy) is 1. The van der Waals surface area contributed by atoms with Crippen LogP contribution >= 0.6 is 0 Å². The first kappa shape index (κ1) is 14.9. The second-order valence-corrected chi connectivity index (χ2v) is 5.55. The minimum absolute atomic E-state index is 0.0542. The van der Waals surface area contributed by atoms with Crippen LogP contribution in [0.2, 0.25) is 0 Å². The molecule has 1 aliphatic rings. The van der Waals surface area contributed by atoms with E-state index in [1.807, 2.05) is 38.1 Å². The summed E-state index contributed by atoms with van der Waals surface area (Å²) in [5.41, 5.74) is 0.943. The standard InChI is InChI=1S/C16H24N2O2/c1-12(2)20-15-8-4-3-6-13(15)10-16(19)18-11-14-7-5-9-17-14/h3-4,6,8,12,14,17H,5,7,9-11H2,1-2H3,(H,18,19). The highest BCUT2D eigenvalue weighted by Crippen LogP contribution is 2.19. The Kier molecular flexibility index (Phi) is 5.41. The second kappa shape index (κ2) is 7.29. The topological polar surface area (TPSA) is 50.4 Å². The molecule has 2 rings (SSSR count). The zero-order valence-electron chi connectivity index (χ0n) is 12.3. The largest absolute Gasteiger partial charge is 0.491 e. The molecule has 0 radical (unpaired) electrons. The Balaban J connectivity index is 1.86. The van der Waals surface area contributed by atoms with Crippen molar-refractivity contribution in [1.29, 1.82) is 0 Å². The minimum Gasteiger partial charge on any atom is -0.491 e. The molecule has 110 valence electrons. The summed E-state index contributed by atoms with van der Waals surface area (Å²) < 4.78 is 5.73. The van der Waals surface area contributed by atoms with E-state index < -0.39 is 0 Å². The van der Waals surface area contributed by atoms with Gasteiger partial charge in [0.25, 0.3) is 0 Å². The maximum Gasteiger partial charge on any atom is 0.224 e. The highest BCUT2D eigenvalue weighted by Gasteiger charge is 2.15. The maximum absolute atomic E-state index is 12.0. The number of amides is 1. The first-order chi connectivity index (χ1) is 9.65. The van der Waals surface area contributed by atoms with Gasteiger partial charge in [-0.3, -0.25) is 4.79 Å². The summed E-state index contributed by atoms with van der Waals surface area (Å²) >= 11 is 0. The van der Waals surface area contributed by atoms with Gasteiger partial charge in [0.05, 0.1) is 12.5 Å². The minimum atomic E-state index is 0.0542. The SMILES string of the molecule is CC(C)Oc1ccccc1CC(=O)NCC1CCCN1. The maximum atomic E-state index is 12.0. The van der Waals surface area contributed by atoms with Crippen LogP contribution in [-0.2, 0) is 11.2 Å². The average molecular weight is 276 g/mol. The number of para-hydroxylation sites is 1. The molecule has 1 unspecified atom stereocenters. The Labute approximate surface area is 120 Å². The van der Waals surface area contributed by atoms with E-state index in [4.69, 9.17) is 4.74 Å². The zero-order chi connectivity index (χ0) is 14.4. The van der Waals surface area contributed by atoms with Gasteiger partial charge in [-0.2, -0.15) is 0 Å². The molecule has 20 heavy (non-hydrogen) atoms. The molecule has 0 aliphatic carbocycles. The first-order valence-corrected chi connectivity index (χ1v) is 7.40. The Morgan fingerprint density at radius 2 is 2.25 bits per heavy atom. The molecular weight excluding hydrogens is 252 g/mol. The van der Waals surface area contributed by atoms with Crippen LogP contribution in [0.1, 0.15) is 32.3 Å². The van der Waals surface area contributed by atoms with Crippen molar-refractivity contribution >= 4 is 5.91 Å². The van der Waals surface area contributed by atoms with E-state index in [1.165, 1.54) is 6.42 Å². The summed E-state index contributed by atoms with van der Waals surface area (Å²) in [5.74, 6) is 0.857. The van der Waals surface area contributed by atoms with Gasteiger partial charge in [-0.05, 0) is 39.3 Å². The normalized spacial score (nSPS) is 18.2. The molecule has 1 atom stereocenters. The lowest BCUT2D eigenvalue weighted by Crippen LogP contribution is -2.37. The molecule has 4 heteroatoms. The molecular formula is C16H24N2O2. The summed E-state index contributed by atoms with van der Waals surface area (Å²) in [6, 6.07) is 8.17. The number of benzene rings is 1. The molecule has 1 amide bonds. The number of rotatable bonds is 6. The van der Waals surface area contributed by atoms with Crippen molar-refractivity contribution in [3.05, 3.63) is 29.8 Å². The molecule has 4 nitrogen and oxygen atoms in total. The van der Waals surface area contributed by atoms with Crippen LogP contribution in [-0.4, -0.2) is 31.1 Å². The predicted octanol–water partition coefficient (Wildman–Crippen LogP) is 1.88. The molecule has 0 bridgehead atoms. The molecule has 1 aromatic rings. The monoisotopic (exact) mass is 276 g/mol. The lowest BCUT2D eigenvalue weighted by molar-refractivity contribution is -0.120. The fourth-order valence-electron chi connectivity index (χ4n) is 2.42. The van der Waals surface area contributed by atoms with Crippen LogP contribution in [0.3, 0.4) is 0 Å². The summed E-state index contributed by atoms with van der Waals surface area (Å²) in [6.45, 7) is 5.75. The van der Waals surface area contributed by atoms with Crippen LogP contribution in [0.25, 0.3) is 0 Å². The summed E-state index contributed by atoms with van der Waals surface area (Å²) in [5, 5.41) is 6.37. The molecule has 2 N–H and O–H groups in total. The Bertz CT molecular complexity index is 440. The second-order valence-electron chi connectivity index (χ2n) is 5.55. The lowest BCUT2D eigenvalue weighted by atomic mass is 10.1. The number of hydrogen-bond donors (Lipinski definition) is 2.